The average molecular weight is 435 g/mol. The van der Waals surface area contributed by atoms with E-state index in [1.165, 1.54) is 0 Å². The molecule has 1 atom stereocenters. The number of anilines is 2. The normalized spacial score (nSPS) is 15.2. The number of hydrogen-bond donors (Lipinski definition) is 3. The molecule has 0 bridgehead atoms. The van der Waals surface area contributed by atoms with Crippen LogP contribution in [0.4, 0.5) is 11.6 Å². The number of amides is 1. The van der Waals surface area contributed by atoms with Gasteiger partial charge in [-0.2, -0.15) is 10.1 Å². The lowest BCUT2D eigenvalue weighted by atomic mass is 9.94. The van der Waals surface area contributed by atoms with Crippen molar-refractivity contribution in [2.24, 2.45) is 0 Å². The van der Waals surface area contributed by atoms with Crippen molar-refractivity contribution in [3.8, 4) is 5.75 Å². The number of carbonyl (C=O) groups excluding carboxylic acids is 1. The number of benzene rings is 1. The molecule has 166 valence electrons. The van der Waals surface area contributed by atoms with Gasteiger partial charge in [0.25, 0.3) is 5.91 Å². The molecule has 4 rings (SSSR count). The van der Waals surface area contributed by atoms with Crippen molar-refractivity contribution in [3.05, 3.63) is 71.4 Å². The topological polar surface area (TPSA) is 114 Å². The SMILES string of the molecule is CCOc1ccccc1C1C(C(=O)Nc2cccnc2)=C(C)Nc2nc(CCCO)nn21. The van der Waals surface area contributed by atoms with Gasteiger partial charge in [-0.25, -0.2) is 4.68 Å². The predicted molar refractivity (Wildman–Crippen MR) is 120 cm³/mol. The number of para-hydroxylation sites is 1. The van der Waals surface area contributed by atoms with Gasteiger partial charge in [-0.05, 0) is 38.5 Å². The van der Waals surface area contributed by atoms with Gasteiger partial charge in [0, 0.05) is 30.5 Å². The van der Waals surface area contributed by atoms with Crippen molar-refractivity contribution < 1.29 is 14.6 Å². The van der Waals surface area contributed by atoms with Crippen LogP contribution in [0.5, 0.6) is 5.75 Å². The lowest BCUT2D eigenvalue weighted by molar-refractivity contribution is -0.113. The maximum Gasteiger partial charge on any atom is 0.255 e. The van der Waals surface area contributed by atoms with Crippen molar-refractivity contribution in [1.82, 2.24) is 19.7 Å². The van der Waals surface area contributed by atoms with Crippen LogP contribution in [0.25, 0.3) is 0 Å². The van der Waals surface area contributed by atoms with E-state index in [9.17, 15) is 9.90 Å². The first kappa shape index (κ1) is 21.5. The van der Waals surface area contributed by atoms with Crippen LogP contribution in [0, 0.1) is 0 Å². The van der Waals surface area contributed by atoms with Gasteiger partial charge >= 0.3 is 0 Å². The van der Waals surface area contributed by atoms with Crippen LogP contribution in [-0.2, 0) is 11.2 Å². The molecule has 1 unspecified atom stereocenters. The molecule has 1 amide bonds. The van der Waals surface area contributed by atoms with E-state index >= 15 is 0 Å². The third-order valence-electron chi connectivity index (χ3n) is 5.13. The Labute approximate surface area is 186 Å². The number of aryl methyl sites for hydroxylation is 1. The molecule has 1 aliphatic heterocycles. The minimum absolute atomic E-state index is 0.0595. The van der Waals surface area contributed by atoms with Crippen LogP contribution in [0.1, 0.15) is 37.7 Å². The third-order valence-corrected chi connectivity index (χ3v) is 5.13. The van der Waals surface area contributed by atoms with Gasteiger partial charge < -0.3 is 20.5 Å². The molecule has 0 aliphatic carbocycles. The molecule has 1 aromatic carbocycles. The van der Waals surface area contributed by atoms with E-state index < -0.39 is 6.04 Å². The van der Waals surface area contributed by atoms with Crippen LogP contribution in [0.15, 0.2) is 60.1 Å². The summed E-state index contributed by atoms with van der Waals surface area (Å²) in [6, 6.07) is 10.6. The van der Waals surface area contributed by atoms with Crippen molar-refractivity contribution in [3.63, 3.8) is 0 Å². The van der Waals surface area contributed by atoms with E-state index in [1.807, 2.05) is 38.1 Å². The molecular weight excluding hydrogens is 408 g/mol. The van der Waals surface area contributed by atoms with Gasteiger partial charge in [-0.1, -0.05) is 18.2 Å². The molecule has 0 fully saturated rings. The van der Waals surface area contributed by atoms with Gasteiger partial charge in [0.15, 0.2) is 5.82 Å². The fraction of sp³-hybridized carbons (Fsp3) is 0.304. The van der Waals surface area contributed by atoms with E-state index in [1.54, 1.807) is 29.2 Å². The molecule has 32 heavy (non-hydrogen) atoms. The number of ether oxygens (including phenoxy) is 1. The summed E-state index contributed by atoms with van der Waals surface area (Å²) in [5.41, 5.74) is 2.59. The molecule has 0 radical (unpaired) electrons. The van der Waals surface area contributed by atoms with Crippen molar-refractivity contribution in [2.45, 2.75) is 32.7 Å². The molecule has 2 aromatic heterocycles. The summed E-state index contributed by atoms with van der Waals surface area (Å²) in [5.74, 6) is 1.56. The van der Waals surface area contributed by atoms with Gasteiger partial charge in [0.2, 0.25) is 5.95 Å². The predicted octanol–water partition coefficient (Wildman–Crippen LogP) is 2.92. The zero-order valence-corrected chi connectivity index (χ0v) is 18.1. The van der Waals surface area contributed by atoms with Gasteiger partial charge in [0.05, 0.1) is 24.1 Å². The quantitative estimate of drug-likeness (QED) is 0.499. The second-order valence-corrected chi connectivity index (χ2v) is 7.36. The number of aromatic nitrogens is 4. The molecule has 9 nitrogen and oxygen atoms in total. The number of allylic oxidation sites excluding steroid dienone is 1. The van der Waals surface area contributed by atoms with Gasteiger partial charge in [-0.3, -0.25) is 9.78 Å². The smallest absolute Gasteiger partial charge is 0.255 e. The van der Waals surface area contributed by atoms with Crippen LogP contribution in [0.3, 0.4) is 0 Å². The molecular formula is C23H26N6O3. The van der Waals surface area contributed by atoms with Crippen LogP contribution < -0.4 is 15.4 Å². The maximum atomic E-state index is 13.4. The highest BCUT2D eigenvalue weighted by Crippen LogP contribution is 2.39. The minimum Gasteiger partial charge on any atom is -0.494 e. The van der Waals surface area contributed by atoms with Gasteiger partial charge in [0.1, 0.15) is 11.8 Å². The lowest BCUT2D eigenvalue weighted by Gasteiger charge is -2.29. The molecule has 1 aliphatic rings. The Hall–Kier alpha value is -3.72. The first-order valence-electron chi connectivity index (χ1n) is 10.6. The van der Waals surface area contributed by atoms with E-state index in [0.717, 1.165) is 5.56 Å². The molecule has 0 saturated carbocycles. The first-order valence-corrected chi connectivity index (χ1v) is 10.6. The number of fused-ring (bicyclic) bond motifs is 1. The first-order chi connectivity index (χ1) is 15.6. The average Bonchev–Trinajstić information content (AvgIpc) is 3.20. The summed E-state index contributed by atoms with van der Waals surface area (Å²) in [5, 5.41) is 20.0. The Balaban J connectivity index is 1.80. The number of aliphatic hydroxyl groups is 1. The summed E-state index contributed by atoms with van der Waals surface area (Å²) in [4.78, 5) is 22.1. The summed E-state index contributed by atoms with van der Waals surface area (Å²) in [6.45, 7) is 4.32. The number of nitrogens with zero attached hydrogens (tertiary/aromatic N) is 4. The van der Waals surface area contributed by atoms with E-state index in [-0.39, 0.29) is 12.5 Å². The van der Waals surface area contributed by atoms with Crippen LogP contribution in [0.2, 0.25) is 0 Å². The number of aliphatic hydroxyl groups excluding tert-OH is 1. The Bertz CT molecular complexity index is 1130. The van der Waals surface area contributed by atoms with Crippen molar-refractivity contribution in [2.75, 3.05) is 23.8 Å². The summed E-state index contributed by atoms with van der Waals surface area (Å²) in [7, 11) is 0. The number of rotatable bonds is 8. The monoisotopic (exact) mass is 434 g/mol. The van der Waals surface area contributed by atoms with Crippen molar-refractivity contribution >= 4 is 17.5 Å². The Kier molecular flexibility index (Phi) is 6.46. The molecule has 3 aromatic rings. The Morgan fingerprint density at radius 1 is 1.28 bits per heavy atom. The fourth-order valence-corrected chi connectivity index (χ4v) is 3.75. The molecule has 0 saturated heterocycles. The highest BCUT2D eigenvalue weighted by atomic mass is 16.5. The zero-order chi connectivity index (χ0) is 22.5. The lowest BCUT2D eigenvalue weighted by Crippen LogP contribution is -2.31. The van der Waals surface area contributed by atoms with Crippen molar-refractivity contribution in [1.29, 1.82) is 0 Å². The van der Waals surface area contributed by atoms with Gasteiger partial charge in [-0.15, -0.1) is 0 Å². The van der Waals surface area contributed by atoms with Crippen LogP contribution >= 0.6 is 0 Å². The molecule has 3 N–H and O–H groups in total. The van der Waals surface area contributed by atoms with E-state index in [0.29, 0.717) is 53.9 Å². The van der Waals surface area contributed by atoms with Crippen LogP contribution in [-0.4, -0.2) is 44.0 Å². The highest BCUT2D eigenvalue weighted by Gasteiger charge is 2.35. The number of carbonyl (C=O) groups is 1. The molecule has 9 heteroatoms. The Morgan fingerprint density at radius 3 is 2.88 bits per heavy atom. The maximum absolute atomic E-state index is 13.4. The number of nitrogens with one attached hydrogen (secondary N) is 2. The third kappa shape index (κ3) is 4.33. The summed E-state index contributed by atoms with van der Waals surface area (Å²) < 4.78 is 7.60. The number of hydrogen-bond acceptors (Lipinski definition) is 7. The largest absolute Gasteiger partial charge is 0.494 e. The second kappa shape index (κ2) is 9.61. The number of pyridine rings is 1. The van der Waals surface area contributed by atoms with E-state index in [4.69, 9.17) is 4.74 Å². The Morgan fingerprint density at radius 2 is 2.12 bits per heavy atom. The minimum atomic E-state index is -0.541. The standard InChI is InChI=1S/C23H26N6O3/c1-3-32-18-10-5-4-9-17(18)21-20(22(31)26-16-8-6-12-24-14-16)15(2)25-23-27-19(11-7-13-30)28-29(21)23/h4-6,8-10,12,14,21,30H,3,7,11,13H2,1-2H3,(H,26,31)(H,25,27,28). The zero-order valence-electron chi connectivity index (χ0n) is 18.1. The van der Waals surface area contributed by atoms with E-state index in [2.05, 4.69) is 25.7 Å². The summed E-state index contributed by atoms with van der Waals surface area (Å²) >= 11 is 0. The molecule has 3 heterocycles. The summed E-state index contributed by atoms with van der Waals surface area (Å²) in [6.07, 6.45) is 4.35. The fourth-order valence-electron chi connectivity index (χ4n) is 3.75. The second-order valence-electron chi connectivity index (χ2n) is 7.36. The highest BCUT2D eigenvalue weighted by molar-refractivity contribution is 6.06. The molecule has 0 spiro atoms.